The summed E-state index contributed by atoms with van der Waals surface area (Å²) in [5.41, 5.74) is 0. The van der Waals surface area contributed by atoms with Crippen LogP contribution in [-0.2, 0) is 14.8 Å². The minimum Gasteiger partial charge on any atom is -0.339 e. The number of hydrogen-bond donors (Lipinski definition) is 0. The van der Waals surface area contributed by atoms with E-state index in [9.17, 15) is 13.2 Å². The monoisotopic (exact) mass is 464 g/mol. The second kappa shape index (κ2) is 9.10. The number of thioether (sulfide) groups is 2. The van der Waals surface area contributed by atoms with E-state index >= 15 is 0 Å². The number of sulfonamides is 1. The Hall–Kier alpha value is -0.850. The number of aromatic nitrogens is 2. The van der Waals surface area contributed by atoms with Crippen LogP contribution in [0.25, 0.3) is 0 Å². The van der Waals surface area contributed by atoms with Crippen molar-refractivity contribution in [3.05, 3.63) is 29.3 Å². The summed E-state index contributed by atoms with van der Waals surface area (Å²) in [6, 6.07) is 6.11. The fourth-order valence-electron chi connectivity index (χ4n) is 2.49. The number of piperazine rings is 1. The molecule has 12 heteroatoms. The molecule has 0 aliphatic carbocycles. The molecule has 2 aromatic rings. The van der Waals surface area contributed by atoms with E-state index in [1.54, 1.807) is 17.0 Å². The van der Waals surface area contributed by atoms with E-state index in [-0.39, 0.29) is 29.6 Å². The Morgan fingerprint density at radius 1 is 1.15 bits per heavy atom. The van der Waals surface area contributed by atoms with Gasteiger partial charge in [-0.15, -0.1) is 10.2 Å². The number of halogens is 1. The molecule has 0 spiro atoms. The summed E-state index contributed by atoms with van der Waals surface area (Å²) >= 11 is 10.2. The Bertz CT molecular complexity index is 896. The fraction of sp³-hybridized carbons (Fsp3) is 0.400. The quantitative estimate of drug-likeness (QED) is 0.607. The first kappa shape index (κ1) is 20.9. The predicted molar refractivity (Wildman–Crippen MR) is 109 cm³/mol. The third-order valence-electron chi connectivity index (χ3n) is 3.92. The third-order valence-corrected chi connectivity index (χ3v) is 9.11. The summed E-state index contributed by atoms with van der Waals surface area (Å²) in [5.74, 6) is 0.247. The molecule has 146 valence electrons. The summed E-state index contributed by atoms with van der Waals surface area (Å²) in [5, 5.41) is 8.52. The summed E-state index contributed by atoms with van der Waals surface area (Å²) in [7, 11) is -3.57. The number of nitrogens with zero attached hydrogens (tertiary/aromatic N) is 4. The Morgan fingerprint density at radius 2 is 1.78 bits per heavy atom. The molecule has 0 atom stereocenters. The normalized spacial score (nSPS) is 15.9. The molecule has 1 saturated heterocycles. The van der Waals surface area contributed by atoms with E-state index in [1.165, 1.54) is 51.3 Å². The second-order valence-electron chi connectivity index (χ2n) is 5.57. The van der Waals surface area contributed by atoms with Gasteiger partial charge in [0.25, 0.3) is 0 Å². The number of hydrogen-bond acceptors (Lipinski definition) is 8. The molecule has 0 saturated carbocycles. The van der Waals surface area contributed by atoms with Crippen molar-refractivity contribution in [3.63, 3.8) is 0 Å². The Morgan fingerprint density at radius 3 is 2.37 bits per heavy atom. The lowest BCUT2D eigenvalue weighted by Crippen LogP contribution is -2.50. The largest absolute Gasteiger partial charge is 0.339 e. The molecule has 3 rings (SSSR count). The van der Waals surface area contributed by atoms with Gasteiger partial charge in [-0.1, -0.05) is 46.5 Å². The fourth-order valence-corrected chi connectivity index (χ4v) is 6.38. The summed E-state index contributed by atoms with van der Waals surface area (Å²) in [4.78, 5) is 14.3. The lowest BCUT2D eigenvalue weighted by Gasteiger charge is -2.34. The number of benzene rings is 1. The van der Waals surface area contributed by atoms with Crippen molar-refractivity contribution in [2.24, 2.45) is 0 Å². The zero-order chi connectivity index (χ0) is 19.4. The van der Waals surface area contributed by atoms with E-state index in [4.69, 9.17) is 11.6 Å². The molecule has 1 aliphatic heterocycles. The van der Waals surface area contributed by atoms with Crippen molar-refractivity contribution in [2.45, 2.75) is 13.6 Å². The maximum atomic E-state index is 12.7. The maximum Gasteiger partial charge on any atom is 0.243 e. The second-order valence-corrected chi connectivity index (χ2v) is 11.2. The van der Waals surface area contributed by atoms with Crippen LogP contribution in [0.4, 0.5) is 0 Å². The lowest BCUT2D eigenvalue weighted by atomic mass is 10.3. The van der Waals surface area contributed by atoms with E-state index in [0.717, 1.165) is 8.68 Å². The molecule has 27 heavy (non-hydrogen) atoms. The zero-order valence-corrected chi connectivity index (χ0v) is 18.4. The van der Waals surface area contributed by atoms with Crippen LogP contribution >= 0.6 is 46.5 Å². The number of amides is 1. The van der Waals surface area contributed by atoms with Gasteiger partial charge < -0.3 is 4.90 Å². The minimum absolute atomic E-state index is 0.0237. The van der Waals surface area contributed by atoms with Crippen molar-refractivity contribution in [3.8, 4) is 0 Å². The highest BCUT2D eigenvalue weighted by Crippen LogP contribution is 2.27. The topological polar surface area (TPSA) is 83.5 Å². The van der Waals surface area contributed by atoms with Gasteiger partial charge in [0.1, 0.15) is 0 Å². The van der Waals surface area contributed by atoms with Crippen molar-refractivity contribution >= 4 is 62.4 Å². The molecule has 0 N–H and O–H groups in total. The summed E-state index contributed by atoms with van der Waals surface area (Å²) in [6.07, 6.45) is 1.93. The molecule has 7 nitrogen and oxygen atoms in total. The van der Waals surface area contributed by atoms with Gasteiger partial charge >= 0.3 is 0 Å². The van der Waals surface area contributed by atoms with E-state index in [2.05, 4.69) is 10.2 Å². The first-order valence-corrected chi connectivity index (χ1v) is 12.8. The first-order valence-electron chi connectivity index (χ1n) is 7.94. The van der Waals surface area contributed by atoms with E-state index < -0.39 is 10.0 Å². The van der Waals surface area contributed by atoms with Gasteiger partial charge in [0.2, 0.25) is 15.9 Å². The van der Waals surface area contributed by atoms with Crippen LogP contribution in [0.15, 0.2) is 37.8 Å². The Labute approximate surface area is 175 Å². The Kier molecular flexibility index (Phi) is 7.03. The van der Waals surface area contributed by atoms with Gasteiger partial charge in [0.15, 0.2) is 8.68 Å². The molecule has 0 unspecified atom stereocenters. The predicted octanol–water partition coefficient (Wildman–Crippen LogP) is 2.54. The van der Waals surface area contributed by atoms with Gasteiger partial charge in [0.05, 0.1) is 10.6 Å². The van der Waals surface area contributed by atoms with Gasteiger partial charge in [-0.3, -0.25) is 4.79 Å². The van der Waals surface area contributed by atoms with Crippen LogP contribution in [0.2, 0.25) is 5.02 Å². The van der Waals surface area contributed by atoms with Crippen molar-refractivity contribution in [1.82, 2.24) is 19.4 Å². The van der Waals surface area contributed by atoms with Gasteiger partial charge in [-0.25, -0.2) is 8.42 Å². The third kappa shape index (κ3) is 5.15. The number of carbonyl (C=O) groups is 1. The van der Waals surface area contributed by atoms with Crippen LogP contribution in [-0.4, -0.2) is 71.9 Å². The van der Waals surface area contributed by atoms with Gasteiger partial charge in [-0.2, -0.15) is 4.31 Å². The Balaban J connectivity index is 1.53. The van der Waals surface area contributed by atoms with Crippen molar-refractivity contribution in [1.29, 1.82) is 0 Å². The molecule has 1 aromatic heterocycles. The van der Waals surface area contributed by atoms with Crippen LogP contribution in [0.3, 0.4) is 0 Å². The molecule has 1 aromatic carbocycles. The molecule has 0 radical (unpaired) electrons. The molecular weight excluding hydrogens is 448 g/mol. The highest BCUT2D eigenvalue weighted by molar-refractivity contribution is 8.03. The van der Waals surface area contributed by atoms with E-state index in [1.807, 2.05) is 6.26 Å². The van der Waals surface area contributed by atoms with Gasteiger partial charge in [0, 0.05) is 31.2 Å². The van der Waals surface area contributed by atoms with Crippen molar-refractivity contribution in [2.75, 3.05) is 38.2 Å². The minimum atomic E-state index is -3.57. The maximum absolute atomic E-state index is 12.7. The average Bonchev–Trinajstić information content (AvgIpc) is 3.15. The highest BCUT2D eigenvalue weighted by atomic mass is 35.5. The van der Waals surface area contributed by atoms with E-state index in [0.29, 0.717) is 18.1 Å². The SMILES string of the molecule is CSc1nnc(SCC(=O)N2CCN(S(=O)(=O)c3ccc(Cl)cc3)CC2)s1. The van der Waals surface area contributed by atoms with Crippen molar-refractivity contribution < 1.29 is 13.2 Å². The highest BCUT2D eigenvalue weighted by Gasteiger charge is 2.30. The summed E-state index contributed by atoms with van der Waals surface area (Å²) in [6.45, 7) is 1.30. The van der Waals surface area contributed by atoms with Crippen LogP contribution in [0, 0.1) is 0 Å². The zero-order valence-electron chi connectivity index (χ0n) is 14.4. The van der Waals surface area contributed by atoms with Crippen LogP contribution < -0.4 is 0 Å². The smallest absolute Gasteiger partial charge is 0.243 e. The molecule has 2 heterocycles. The molecule has 1 aliphatic rings. The first-order chi connectivity index (χ1) is 12.9. The summed E-state index contributed by atoms with van der Waals surface area (Å²) < 4.78 is 28.4. The molecule has 0 bridgehead atoms. The number of rotatable bonds is 6. The average molecular weight is 465 g/mol. The van der Waals surface area contributed by atoms with Gasteiger partial charge in [-0.05, 0) is 30.5 Å². The standard InChI is InChI=1S/C15H17ClN4O3S4/c1-24-14-17-18-15(26-14)25-10-13(21)19-6-8-20(9-7-19)27(22,23)12-4-2-11(16)3-5-12/h2-5H,6-10H2,1H3. The number of carbonyl (C=O) groups excluding carboxylic acids is 1. The lowest BCUT2D eigenvalue weighted by molar-refractivity contribution is -0.129. The molecule has 1 fully saturated rings. The molecular formula is C15H17ClN4O3S4. The van der Waals surface area contributed by atoms with Crippen LogP contribution in [0.5, 0.6) is 0 Å². The molecule has 1 amide bonds. The van der Waals surface area contributed by atoms with Crippen LogP contribution in [0.1, 0.15) is 0 Å².